The molecule has 3 aliphatic carbocycles. The van der Waals surface area contributed by atoms with E-state index in [-0.39, 0.29) is 59.1 Å². The first kappa shape index (κ1) is 23.2. The van der Waals surface area contributed by atoms with Crippen molar-refractivity contribution in [2.24, 2.45) is 30.7 Å². The summed E-state index contributed by atoms with van der Waals surface area (Å²) >= 11 is 0. The van der Waals surface area contributed by atoms with Gasteiger partial charge in [0.2, 0.25) is 17.7 Å². The van der Waals surface area contributed by atoms with Gasteiger partial charge in [-0.2, -0.15) is 0 Å². The van der Waals surface area contributed by atoms with Gasteiger partial charge in [-0.25, -0.2) is 4.68 Å². The van der Waals surface area contributed by atoms with Crippen LogP contribution in [-0.4, -0.2) is 27.1 Å². The highest BCUT2D eigenvalue weighted by Crippen LogP contribution is 2.50. The molecule has 2 bridgehead atoms. The molecule has 1 saturated heterocycles. The molecule has 1 aliphatic heterocycles. The molecule has 1 saturated carbocycles. The zero-order valence-electron chi connectivity index (χ0n) is 20.8. The summed E-state index contributed by atoms with van der Waals surface area (Å²) < 4.78 is 3.23. The largest absolute Gasteiger partial charge is 0.320 e. The Morgan fingerprint density at radius 2 is 1.46 bits per heavy atom. The monoisotopic (exact) mass is 496 g/mol. The minimum atomic E-state index is -0.319. The van der Waals surface area contributed by atoms with Crippen LogP contribution in [0.25, 0.3) is 5.69 Å². The molecule has 0 radical (unpaired) electrons. The number of fused-ring (bicyclic) bond motifs is 1. The van der Waals surface area contributed by atoms with E-state index >= 15 is 0 Å². The number of benzene rings is 2. The molecular formula is C29H28N4O4. The average Bonchev–Trinajstić information content (AvgIpc) is 3.31. The molecule has 7 rings (SSSR count). The summed E-state index contributed by atoms with van der Waals surface area (Å²) in [7, 11) is 1.77. The van der Waals surface area contributed by atoms with Crippen molar-refractivity contribution in [1.82, 2.24) is 9.36 Å². The molecular weight excluding hydrogens is 468 g/mol. The first-order valence-electron chi connectivity index (χ1n) is 12.6. The molecule has 1 N–H and O–H groups in total. The maximum atomic E-state index is 13.2. The number of anilines is 2. The van der Waals surface area contributed by atoms with E-state index in [4.69, 9.17) is 0 Å². The highest BCUT2D eigenvalue weighted by Gasteiger charge is 2.56. The zero-order valence-corrected chi connectivity index (χ0v) is 20.8. The van der Waals surface area contributed by atoms with Crippen LogP contribution in [0.3, 0.4) is 0 Å². The second-order valence-electron chi connectivity index (χ2n) is 10.2. The first-order chi connectivity index (χ1) is 17.8. The van der Waals surface area contributed by atoms with Gasteiger partial charge in [-0.05, 0) is 61.4 Å². The summed E-state index contributed by atoms with van der Waals surface area (Å²) in [5.41, 5.74) is 2.56. The highest BCUT2D eigenvalue weighted by molar-refractivity contribution is 6.22. The Hall–Kier alpha value is -4.20. The van der Waals surface area contributed by atoms with Crippen LogP contribution in [0.15, 0.2) is 71.5 Å². The summed E-state index contributed by atoms with van der Waals surface area (Å²) in [6, 6.07) is 16.2. The Bertz CT molecular complexity index is 1470. The van der Waals surface area contributed by atoms with Gasteiger partial charge in [0.15, 0.2) is 0 Å². The summed E-state index contributed by atoms with van der Waals surface area (Å²) in [5.74, 6) is -0.769. The smallest absolute Gasteiger partial charge is 0.295 e. The third kappa shape index (κ3) is 3.66. The molecule has 1 aromatic heterocycles. The van der Waals surface area contributed by atoms with Crippen molar-refractivity contribution in [3.8, 4) is 5.69 Å². The Morgan fingerprint density at radius 3 is 2.03 bits per heavy atom. The van der Waals surface area contributed by atoms with E-state index in [1.807, 2.05) is 30.3 Å². The van der Waals surface area contributed by atoms with E-state index in [9.17, 15) is 19.2 Å². The molecule has 2 heterocycles. The van der Waals surface area contributed by atoms with Crippen molar-refractivity contribution in [2.45, 2.75) is 26.2 Å². The number of amides is 3. The number of nitrogens with one attached hydrogen (secondary N) is 1. The number of rotatable bonds is 5. The minimum Gasteiger partial charge on any atom is -0.320 e. The van der Waals surface area contributed by atoms with Gasteiger partial charge < -0.3 is 5.32 Å². The quantitative estimate of drug-likeness (QED) is 0.433. The van der Waals surface area contributed by atoms with E-state index < -0.39 is 0 Å². The van der Waals surface area contributed by atoms with Crippen molar-refractivity contribution in [1.29, 1.82) is 0 Å². The third-order valence-corrected chi connectivity index (χ3v) is 8.14. The van der Waals surface area contributed by atoms with Crippen LogP contribution >= 0.6 is 0 Å². The zero-order chi connectivity index (χ0) is 25.8. The van der Waals surface area contributed by atoms with Crippen LogP contribution < -0.4 is 15.8 Å². The van der Waals surface area contributed by atoms with Crippen LogP contribution in [0, 0.1) is 30.6 Å². The van der Waals surface area contributed by atoms with Gasteiger partial charge in [0, 0.05) is 7.05 Å². The molecule has 37 heavy (non-hydrogen) atoms. The molecule has 3 amide bonds. The predicted molar refractivity (Wildman–Crippen MR) is 139 cm³/mol. The first-order valence-corrected chi connectivity index (χ1v) is 12.6. The molecule has 4 aliphatic rings. The van der Waals surface area contributed by atoms with Gasteiger partial charge in [0.05, 0.1) is 35.3 Å². The van der Waals surface area contributed by atoms with Gasteiger partial charge in [0.25, 0.3) is 5.56 Å². The van der Waals surface area contributed by atoms with Gasteiger partial charge in [-0.1, -0.05) is 42.5 Å². The number of aromatic nitrogens is 2. The van der Waals surface area contributed by atoms with E-state index in [0.717, 1.165) is 18.4 Å². The lowest BCUT2D eigenvalue weighted by molar-refractivity contribution is -0.124. The van der Waals surface area contributed by atoms with Crippen molar-refractivity contribution >= 4 is 29.1 Å². The molecule has 3 aromatic rings. The molecule has 4 atom stereocenters. The summed E-state index contributed by atoms with van der Waals surface area (Å²) in [5, 5.41) is 2.77. The highest BCUT2D eigenvalue weighted by atomic mass is 16.2. The summed E-state index contributed by atoms with van der Waals surface area (Å²) in [4.78, 5) is 53.6. The number of imide groups is 1. The lowest BCUT2D eigenvalue weighted by Gasteiger charge is -2.38. The van der Waals surface area contributed by atoms with Crippen LogP contribution in [0.5, 0.6) is 0 Å². The Labute approximate surface area is 214 Å². The number of nitrogens with zero attached hydrogens (tertiary/aromatic N) is 3. The van der Waals surface area contributed by atoms with Crippen LogP contribution in [0.1, 0.15) is 24.1 Å². The Morgan fingerprint density at radius 1 is 0.865 bits per heavy atom. The molecule has 2 aromatic carbocycles. The molecule has 2 fully saturated rings. The number of allylic oxidation sites excluding steroid dienone is 2. The number of carbonyl (C=O) groups excluding carboxylic acids is 3. The molecule has 188 valence electrons. The molecule has 4 unspecified atom stereocenters. The maximum absolute atomic E-state index is 13.2. The Kier molecular flexibility index (Phi) is 5.47. The third-order valence-electron chi connectivity index (χ3n) is 8.14. The van der Waals surface area contributed by atoms with Crippen molar-refractivity contribution in [2.75, 3.05) is 10.2 Å². The van der Waals surface area contributed by atoms with Crippen molar-refractivity contribution < 1.29 is 14.4 Å². The van der Waals surface area contributed by atoms with Crippen molar-refractivity contribution in [3.05, 3.63) is 88.4 Å². The maximum Gasteiger partial charge on any atom is 0.295 e. The van der Waals surface area contributed by atoms with Gasteiger partial charge in [-0.15, -0.1) is 0 Å². The Balaban J connectivity index is 1.17. The second kappa shape index (κ2) is 8.73. The lowest BCUT2D eigenvalue weighted by atomic mass is 9.63. The van der Waals surface area contributed by atoms with Gasteiger partial charge >= 0.3 is 0 Å². The van der Waals surface area contributed by atoms with Crippen molar-refractivity contribution in [3.63, 3.8) is 0 Å². The predicted octanol–water partition coefficient (Wildman–Crippen LogP) is 3.37. The van der Waals surface area contributed by atoms with E-state index in [1.54, 1.807) is 42.9 Å². The molecule has 0 spiro atoms. The second-order valence-corrected chi connectivity index (χ2v) is 10.2. The van der Waals surface area contributed by atoms with Crippen LogP contribution in [-0.2, 0) is 27.9 Å². The topological polar surface area (TPSA) is 93.4 Å². The van der Waals surface area contributed by atoms with E-state index in [0.29, 0.717) is 17.1 Å². The van der Waals surface area contributed by atoms with Gasteiger partial charge in [0.1, 0.15) is 5.69 Å². The number of hydrogen-bond acceptors (Lipinski definition) is 4. The number of para-hydroxylation sites is 1. The fourth-order valence-corrected chi connectivity index (χ4v) is 6.17. The SMILES string of the molecule is Cc1c(NC(=O)Cc2ccc(N3C(=O)C4C5C=CC(CC5)C4C3=O)cc2)c(=O)n(-c2ccccc2)n1C. The van der Waals surface area contributed by atoms with Crippen LogP contribution in [0.4, 0.5) is 11.4 Å². The summed E-state index contributed by atoms with van der Waals surface area (Å²) in [6.07, 6.45) is 6.19. The molecule has 8 nitrogen and oxygen atoms in total. The van der Waals surface area contributed by atoms with E-state index in [1.165, 1.54) is 9.58 Å². The minimum absolute atomic E-state index is 0.0562. The fraction of sp³-hybridized carbons (Fsp3) is 0.310. The van der Waals surface area contributed by atoms with Crippen LogP contribution in [0.2, 0.25) is 0 Å². The standard InChI is InChI=1S/C29H28N4O4/c1-17-26(29(37)33(31(17)2)22-6-4-3-5-7-22)30-23(34)16-18-8-14-21(15-9-18)32-27(35)24-19-10-11-20(13-12-19)25(24)28(32)36/h3-11,14-15,19-20,24-25H,12-13,16H2,1-2H3,(H,30,34). The average molecular weight is 497 g/mol. The summed E-state index contributed by atoms with van der Waals surface area (Å²) in [6.45, 7) is 1.79. The number of carbonyl (C=O) groups is 3. The fourth-order valence-electron chi connectivity index (χ4n) is 6.17. The van der Waals surface area contributed by atoms with E-state index in [2.05, 4.69) is 17.5 Å². The normalized spacial score (nSPS) is 24.0. The lowest BCUT2D eigenvalue weighted by Crippen LogP contribution is -2.38. The molecule has 8 heteroatoms. The van der Waals surface area contributed by atoms with Gasteiger partial charge in [-0.3, -0.25) is 28.8 Å². The number of hydrogen-bond donors (Lipinski definition) is 1.